The van der Waals surface area contributed by atoms with Crippen LogP contribution in [0.25, 0.3) is 0 Å². The molecule has 1 aliphatic rings. The summed E-state index contributed by atoms with van der Waals surface area (Å²) in [6.07, 6.45) is 3.01. The molecule has 1 fully saturated rings. The van der Waals surface area contributed by atoms with Crippen LogP contribution in [0.3, 0.4) is 0 Å². The largest absolute Gasteiger partial charge is 0.382 e. The number of likely N-dealkylation sites (N-methyl/N-ethyl adjacent to an activating group) is 1. The van der Waals surface area contributed by atoms with E-state index in [1.54, 1.807) is 6.20 Å². The molecule has 0 aliphatic heterocycles. The third-order valence-corrected chi connectivity index (χ3v) is 4.34. The Kier molecular flexibility index (Phi) is 4.62. The molecule has 2 atom stereocenters. The molecule has 0 radical (unpaired) electrons. The predicted molar refractivity (Wildman–Crippen MR) is 80.5 cm³/mol. The average molecular weight is 329 g/mol. The average Bonchev–Trinajstić information content (AvgIpc) is 3.06. The number of aromatic nitrogens is 2. The van der Waals surface area contributed by atoms with E-state index in [2.05, 4.69) is 33.3 Å². The van der Waals surface area contributed by atoms with Crippen molar-refractivity contribution in [2.45, 2.75) is 19.9 Å². The first-order chi connectivity index (χ1) is 8.99. The molecular weight excluding hydrogens is 308 g/mol. The Bertz CT molecular complexity index is 500. The van der Waals surface area contributed by atoms with Crippen molar-refractivity contribution in [1.29, 1.82) is 0 Å². The summed E-state index contributed by atoms with van der Waals surface area (Å²) in [6.45, 7) is 4.57. The second-order valence-corrected chi connectivity index (χ2v) is 6.35. The van der Waals surface area contributed by atoms with Crippen LogP contribution in [0.4, 0.5) is 5.69 Å². The van der Waals surface area contributed by atoms with E-state index in [0.29, 0.717) is 11.0 Å². The summed E-state index contributed by atoms with van der Waals surface area (Å²) in [6, 6.07) is 0. The first kappa shape index (κ1) is 14.5. The molecule has 6 heteroatoms. The van der Waals surface area contributed by atoms with E-state index >= 15 is 0 Å². The van der Waals surface area contributed by atoms with Gasteiger partial charge in [0.1, 0.15) is 4.47 Å². The van der Waals surface area contributed by atoms with E-state index in [1.807, 2.05) is 19.0 Å². The lowest BCUT2D eigenvalue weighted by Gasteiger charge is -2.12. The normalized spacial score (nSPS) is 21.7. The molecular formula is C13H21BrN4O. The Morgan fingerprint density at radius 2 is 2.26 bits per heavy atom. The molecule has 1 aromatic heterocycles. The maximum atomic E-state index is 12.1. The molecule has 0 saturated heterocycles. The third kappa shape index (κ3) is 3.79. The molecule has 1 aliphatic carbocycles. The second-order valence-electron chi connectivity index (χ2n) is 5.56. The van der Waals surface area contributed by atoms with Crippen molar-refractivity contribution in [1.82, 2.24) is 14.7 Å². The quantitative estimate of drug-likeness (QED) is 0.862. The topological polar surface area (TPSA) is 50.2 Å². The predicted octanol–water partition coefficient (Wildman–Crippen LogP) is 1.64. The summed E-state index contributed by atoms with van der Waals surface area (Å²) in [5.41, 5.74) is 0.723. The summed E-state index contributed by atoms with van der Waals surface area (Å²) in [5, 5.41) is 7.52. The zero-order valence-corrected chi connectivity index (χ0v) is 13.3. The van der Waals surface area contributed by atoms with Crippen LogP contribution in [0.1, 0.15) is 13.3 Å². The van der Waals surface area contributed by atoms with Gasteiger partial charge in [-0.05, 0) is 48.3 Å². The summed E-state index contributed by atoms with van der Waals surface area (Å²) in [7, 11) is 3.96. The fourth-order valence-corrected chi connectivity index (χ4v) is 2.41. The zero-order chi connectivity index (χ0) is 14.0. The van der Waals surface area contributed by atoms with Crippen molar-refractivity contribution in [2.24, 2.45) is 11.8 Å². The van der Waals surface area contributed by atoms with Crippen molar-refractivity contribution in [3.63, 3.8) is 0 Å². The molecule has 1 aromatic rings. The lowest BCUT2D eigenvalue weighted by Crippen LogP contribution is -2.29. The van der Waals surface area contributed by atoms with Crippen molar-refractivity contribution in [3.8, 4) is 0 Å². The van der Waals surface area contributed by atoms with Crippen LogP contribution in [-0.2, 0) is 6.54 Å². The van der Waals surface area contributed by atoms with E-state index in [0.717, 1.165) is 30.6 Å². The molecule has 0 aromatic carbocycles. The van der Waals surface area contributed by atoms with E-state index in [9.17, 15) is 4.79 Å². The minimum absolute atomic E-state index is 0.0734. The van der Waals surface area contributed by atoms with Gasteiger partial charge in [-0.15, -0.1) is 0 Å². The van der Waals surface area contributed by atoms with E-state index < -0.39 is 0 Å². The van der Waals surface area contributed by atoms with Crippen molar-refractivity contribution in [3.05, 3.63) is 21.0 Å². The number of nitrogens with zero attached hydrogens (tertiary/aromatic N) is 3. The van der Waals surface area contributed by atoms with Crippen LogP contribution in [0, 0.1) is 11.8 Å². The highest BCUT2D eigenvalue weighted by molar-refractivity contribution is 9.10. The number of rotatable bonds is 6. The zero-order valence-electron chi connectivity index (χ0n) is 11.7. The number of hydrogen-bond acceptors (Lipinski definition) is 4. The van der Waals surface area contributed by atoms with Crippen LogP contribution >= 0.6 is 15.9 Å². The van der Waals surface area contributed by atoms with Crippen LogP contribution in [0.2, 0.25) is 0 Å². The van der Waals surface area contributed by atoms with Gasteiger partial charge >= 0.3 is 0 Å². The smallest absolute Gasteiger partial charge is 0.283 e. The molecule has 2 rings (SSSR count). The second kappa shape index (κ2) is 6.05. The van der Waals surface area contributed by atoms with Gasteiger partial charge in [0.15, 0.2) is 0 Å². The number of anilines is 1. The summed E-state index contributed by atoms with van der Waals surface area (Å²) < 4.78 is 2.07. The molecule has 106 valence electrons. The Labute approximate surface area is 122 Å². The van der Waals surface area contributed by atoms with Crippen LogP contribution in [-0.4, -0.2) is 41.9 Å². The van der Waals surface area contributed by atoms with Crippen molar-refractivity contribution >= 4 is 21.6 Å². The lowest BCUT2D eigenvalue weighted by molar-refractivity contribution is 0.367. The Hall–Kier alpha value is -0.880. The summed E-state index contributed by atoms with van der Waals surface area (Å²) in [4.78, 5) is 14.2. The summed E-state index contributed by atoms with van der Waals surface area (Å²) in [5.74, 6) is 1.54. The van der Waals surface area contributed by atoms with E-state index in [1.165, 1.54) is 11.1 Å². The van der Waals surface area contributed by atoms with Crippen LogP contribution < -0.4 is 10.9 Å². The molecule has 1 heterocycles. The van der Waals surface area contributed by atoms with Gasteiger partial charge in [0.2, 0.25) is 0 Å². The highest BCUT2D eigenvalue weighted by Crippen LogP contribution is 2.37. The van der Waals surface area contributed by atoms with E-state index in [-0.39, 0.29) is 5.56 Å². The van der Waals surface area contributed by atoms with Gasteiger partial charge in [0.25, 0.3) is 5.56 Å². The molecule has 2 unspecified atom stereocenters. The minimum Gasteiger partial charge on any atom is -0.382 e. The molecule has 0 bridgehead atoms. The van der Waals surface area contributed by atoms with E-state index in [4.69, 9.17) is 0 Å². The molecule has 1 N–H and O–H groups in total. The molecule has 0 amide bonds. The van der Waals surface area contributed by atoms with Crippen LogP contribution in [0.5, 0.6) is 0 Å². The van der Waals surface area contributed by atoms with Crippen molar-refractivity contribution < 1.29 is 0 Å². The van der Waals surface area contributed by atoms with Crippen molar-refractivity contribution in [2.75, 3.05) is 32.5 Å². The SMILES string of the molecule is CC1CC1CNc1cnn(CCN(C)C)c(=O)c1Br. The maximum Gasteiger partial charge on any atom is 0.283 e. The third-order valence-electron chi connectivity index (χ3n) is 3.57. The van der Waals surface area contributed by atoms with Gasteiger partial charge < -0.3 is 10.2 Å². The molecule has 19 heavy (non-hydrogen) atoms. The summed E-state index contributed by atoms with van der Waals surface area (Å²) >= 11 is 3.37. The highest BCUT2D eigenvalue weighted by Gasteiger charge is 2.32. The Balaban J connectivity index is 2.01. The first-order valence-electron chi connectivity index (χ1n) is 6.63. The van der Waals surface area contributed by atoms with Gasteiger partial charge in [-0.2, -0.15) is 5.10 Å². The fraction of sp³-hybridized carbons (Fsp3) is 0.692. The molecule has 1 saturated carbocycles. The fourth-order valence-electron chi connectivity index (χ4n) is 1.97. The highest BCUT2D eigenvalue weighted by atomic mass is 79.9. The minimum atomic E-state index is -0.0734. The maximum absolute atomic E-state index is 12.1. The van der Waals surface area contributed by atoms with Gasteiger partial charge in [0.05, 0.1) is 18.4 Å². The monoisotopic (exact) mass is 328 g/mol. The molecule has 0 spiro atoms. The number of hydrogen-bond donors (Lipinski definition) is 1. The van der Waals surface area contributed by atoms with Crippen LogP contribution in [0.15, 0.2) is 15.5 Å². The van der Waals surface area contributed by atoms with Gasteiger partial charge in [-0.25, -0.2) is 4.68 Å². The number of nitrogens with one attached hydrogen (secondary N) is 1. The van der Waals surface area contributed by atoms with Gasteiger partial charge in [-0.1, -0.05) is 6.92 Å². The van der Waals surface area contributed by atoms with Gasteiger partial charge in [0, 0.05) is 13.1 Å². The Morgan fingerprint density at radius 3 is 2.84 bits per heavy atom. The Morgan fingerprint density at radius 1 is 1.58 bits per heavy atom. The van der Waals surface area contributed by atoms with Gasteiger partial charge in [-0.3, -0.25) is 4.79 Å². The number of halogens is 1. The first-order valence-corrected chi connectivity index (χ1v) is 7.42. The lowest BCUT2D eigenvalue weighted by atomic mass is 10.3. The molecule has 5 nitrogen and oxygen atoms in total. The standard InChI is InChI=1S/C13H21BrN4O/c1-9-6-10(9)7-15-11-8-16-18(5-4-17(2)3)13(19)12(11)14/h8-10,15H,4-7H2,1-3H3.